The molecule has 0 N–H and O–H groups in total. The van der Waals surface area contributed by atoms with Crippen LogP contribution in [0.2, 0.25) is 0 Å². The maximum atomic E-state index is 11.5. The Kier molecular flexibility index (Phi) is 5.81. The van der Waals surface area contributed by atoms with Crippen molar-refractivity contribution in [1.82, 2.24) is 0 Å². The Labute approximate surface area is 116 Å². The van der Waals surface area contributed by atoms with Gasteiger partial charge in [0.1, 0.15) is 0 Å². The van der Waals surface area contributed by atoms with Crippen molar-refractivity contribution >= 4 is 12.0 Å². The molecule has 0 heterocycles. The molecule has 0 atom stereocenters. The summed E-state index contributed by atoms with van der Waals surface area (Å²) < 4.78 is 4.94. The number of rotatable bonds is 5. The molecule has 1 aromatic rings. The lowest BCUT2D eigenvalue weighted by atomic mass is 9.88. The van der Waals surface area contributed by atoms with E-state index in [2.05, 4.69) is 45.9 Å². The molecule has 0 saturated carbocycles. The fraction of sp³-hybridized carbons (Fsp3) is 0.471. The Hall–Kier alpha value is -1.57. The third kappa shape index (κ3) is 4.23. The van der Waals surface area contributed by atoms with Gasteiger partial charge >= 0.3 is 5.97 Å². The fourth-order valence-corrected chi connectivity index (χ4v) is 2.14. The molecule has 0 aliphatic rings. The van der Waals surface area contributed by atoms with Crippen molar-refractivity contribution in [2.45, 2.75) is 46.5 Å². The highest BCUT2D eigenvalue weighted by Gasteiger charge is 2.11. The minimum Gasteiger partial charge on any atom is -0.463 e. The fourth-order valence-electron chi connectivity index (χ4n) is 2.14. The van der Waals surface area contributed by atoms with Crippen LogP contribution in [-0.2, 0) is 9.53 Å². The second-order valence-corrected chi connectivity index (χ2v) is 5.24. The first kappa shape index (κ1) is 15.5. The first-order valence-electron chi connectivity index (χ1n) is 6.95. The number of hydrogen-bond donors (Lipinski definition) is 0. The monoisotopic (exact) mass is 260 g/mol. The molecule has 0 aromatic heterocycles. The molecule has 0 aliphatic heterocycles. The second kappa shape index (κ2) is 7.13. The summed E-state index contributed by atoms with van der Waals surface area (Å²) in [5, 5.41) is 0. The van der Waals surface area contributed by atoms with E-state index in [0.29, 0.717) is 18.4 Å². The lowest BCUT2D eigenvalue weighted by Gasteiger charge is -2.17. The SMILES string of the molecule is CCOC(=O)C=Cc1c(C(C)C)cccc1C(C)C. The molecular weight excluding hydrogens is 236 g/mol. The molecule has 104 valence electrons. The molecule has 0 aliphatic carbocycles. The van der Waals surface area contributed by atoms with Crippen LogP contribution in [0.15, 0.2) is 24.3 Å². The third-order valence-electron chi connectivity index (χ3n) is 3.09. The summed E-state index contributed by atoms with van der Waals surface area (Å²) in [6.07, 6.45) is 3.42. The molecule has 0 unspecified atom stereocenters. The molecule has 0 bridgehead atoms. The lowest BCUT2D eigenvalue weighted by molar-refractivity contribution is -0.137. The average molecular weight is 260 g/mol. The van der Waals surface area contributed by atoms with E-state index in [4.69, 9.17) is 4.74 Å². The van der Waals surface area contributed by atoms with Gasteiger partial charge in [-0.15, -0.1) is 0 Å². The third-order valence-corrected chi connectivity index (χ3v) is 3.09. The summed E-state index contributed by atoms with van der Waals surface area (Å²) in [5.74, 6) is 0.580. The van der Waals surface area contributed by atoms with Crippen molar-refractivity contribution in [1.29, 1.82) is 0 Å². The zero-order chi connectivity index (χ0) is 14.4. The highest BCUT2D eigenvalue weighted by Crippen LogP contribution is 2.28. The maximum absolute atomic E-state index is 11.5. The van der Waals surface area contributed by atoms with Crippen LogP contribution in [0.3, 0.4) is 0 Å². The number of hydrogen-bond acceptors (Lipinski definition) is 2. The van der Waals surface area contributed by atoms with Crippen molar-refractivity contribution in [3.05, 3.63) is 41.0 Å². The predicted octanol–water partition coefficient (Wildman–Crippen LogP) is 4.51. The number of benzene rings is 1. The topological polar surface area (TPSA) is 26.3 Å². The van der Waals surface area contributed by atoms with Gasteiger partial charge in [0.25, 0.3) is 0 Å². The van der Waals surface area contributed by atoms with Gasteiger partial charge in [0.15, 0.2) is 0 Å². The van der Waals surface area contributed by atoms with E-state index in [1.807, 2.05) is 13.0 Å². The van der Waals surface area contributed by atoms with E-state index in [1.165, 1.54) is 17.2 Å². The molecule has 0 amide bonds. The van der Waals surface area contributed by atoms with Gasteiger partial charge in [-0.25, -0.2) is 4.79 Å². The second-order valence-electron chi connectivity index (χ2n) is 5.24. The van der Waals surface area contributed by atoms with Gasteiger partial charge in [0, 0.05) is 6.08 Å². The van der Waals surface area contributed by atoms with Crippen molar-refractivity contribution in [3.63, 3.8) is 0 Å². The van der Waals surface area contributed by atoms with Crippen LogP contribution in [0.4, 0.5) is 0 Å². The first-order chi connectivity index (χ1) is 8.97. The quantitative estimate of drug-likeness (QED) is 0.575. The van der Waals surface area contributed by atoms with Crippen LogP contribution < -0.4 is 0 Å². The summed E-state index contributed by atoms with van der Waals surface area (Å²) >= 11 is 0. The van der Waals surface area contributed by atoms with Gasteiger partial charge in [0.2, 0.25) is 0 Å². The molecule has 1 aromatic carbocycles. The molecule has 0 spiro atoms. The molecule has 19 heavy (non-hydrogen) atoms. The Morgan fingerprint density at radius 3 is 2.11 bits per heavy atom. The zero-order valence-corrected chi connectivity index (χ0v) is 12.6. The van der Waals surface area contributed by atoms with Crippen LogP contribution in [0.1, 0.15) is 63.1 Å². The van der Waals surface area contributed by atoms with Gasteiger partial charge in [-0.2, -0.15) is 0 Å². The van der Waals surface area contributed by atoms with Crippen LogP contribution in [0.5, 0.6) is 0 Å². The van der Waals surface area contributed by atoms with E-state index >= 15 is 0 Å². The van der Waals surface area contributed by atoms with Crippen molar-refractivity contribution in [3.8, 4) is 0 Å². The highest BCUT2D eigenvalue weighted by atomic mass is 16.5. The molecule has 2 nitrogen and oxygen atoms in total. The van der Waals surface area contributed by atoms with Crippen molar-refractivity contribution in [2.24, 2.45) is 0 Å². The van der Waals surface area contributed by atoms with E-state index in [-0.39, 0.29) is 5.97 Å². The minimum atomic E-state index is -0.282. The summed E-state index contributed by atoms with van der Waals surface area (Å²) in [6.45, 7) is 10.9. The highest BCUT2D eigenvalue weighted by molar-refractivity contribution is 5.87. The van der Waals surface area contributed by atoms with Gasteiger partial charge in [-0.05, 0) is 41.5 Å². The number of carbonyl (C=O) groups is 1. The number of carbonyl (C=O) groups excluding carboxylic acids is 1. The van der Waals surface area contributed by atoms with Gasteiger partial charge in [0.05, 0.1) is 6.61 Å². The van der Waals surface area contributed by atoms with Crippen molar-refractivity contribution in [2.75, 3.05) is 6.61 Å². The standard InChI is InChI=1S/C17H24O2/c1-6-19-17(18)11-10-16-14(12(2)3)8-7-9-15(16)13(4)5/h7-13H,6H2,1-5H3. The Morgan fingerprint density at radius 2 is 1.68 bits per heavy atom. The minimum absolute atomic E-state index is 0.282. The van der Waals surface area contributed by atoms with Crippen LogP contribution in [0.25, 0.3) is 6.08 Å². The van der Waals surface area contributed by atoms with Crippen LogP contribution >= 0.6 is 0 Å². The Morgan fingerprint density at radius 1 is 1.16 bits per heavy atom. The van der Waals surface area contributed by atoms with Gasteiger partial charge in [-0.3, -0.25) is 0 Å². The molecular formula is C17H24O2. The molecule has 2 heteroatoms. The summed E-state index contributed by atoms with van der Waals surface area (Å²) in [5.41, 5.74) is 3.69. The van der Waals surface area contributed by atoms with E-state index in [9.17, 15) is 4.79 Å². The number of ether oxygens (including phenoxy) is 1. The zero-order valence-electron chi connectivity index (χ0n) is 12.6. The van der Waals surface area contributed by atoms with E-state index in [0.717, 1.165) is 5.56 Å². The van der Waals surface area contributed by atoms with E-state index in [1.54, 1.807) is 0 Å². The molecule has 1 rings (SSSR count). The Bertz CT molecular complexity index is 430. The lowest BCUT2D eigenvalue weighted by Crippen LogP contribution is -2.02. The maximum Gasteiger partial charge on any atom is 0.330 e. The first-order valence-corrected chi connectivity index (χ1v) is 6.95. The van der Waals surface area contributed by atoms with Crippen LogP contribution in [0, 0.1) is 0 Å². The average Bonchev–Trinajstić information content (AvgIpc) is 2.35. The van der Waals surface area contributed by atoms with E-state index < -0.39 is 0 Å². The predicted molar refractivity (Wildman–Crippen MR) is 80.3 cm³/mol. The molecule has 0 radical (unpaired) electrons. The molecule has 0 saturated heterocycles. The summed E-state index contributed by atoms with van der Waals surface area (Å²) in [6, 6.07) is 6.34. The van der Waals surface area contributed by atoms with Gasteiger partial charge < -0.3 is 4.74 Å². The van der Waals surface area contributed by atoms with Gasteiger partial charge in [-0.1, -0.05) is 45.9 Å². The largest absolute Gasteiger partial charge is 0.463 e. The smallest absolute Gasteiger partial charge is 0.330 e. The normalized spacial score (nSPS) is 11.5. The Balaban J connectivity index is 3.18. The van der Waals surface area contributed by atoms with Crippen molar-refractivity contribution < 1.29 is 9.53 Å². The van der Waals surface area contributed by atoms with Crippen LogP contribution in [-0.4, -0.2) is 12.6 Å². The summed E-state index contributed by atoms with van der Waals surface area (Å²) in [4.78, 5) is 11.5. The number of esters is 1. The molecule has 0 fully saturated rings. The summed E-state index contributed by atoms with van der Waals surface area (Å²) in [7, 11) is 0.